The van der Waals surface area contributed by atoms with Crippen molar-refractivity contribution in [3.8, 4) is 5.82 Å². The zero-order valence-corrected chi connectivity index (χ0v) is 9.20. The molecule has 0 unspecified atom stereocenters. The molecule has 0 saturated carbocycles. The Morgan fingerprint density at radius 1 is 1.32 bits per heavy atom. The molecule has 10 heteroatoms. The van der Waals surface area contributed by atoms with Crippen molar-refractivity contribution in [3.63, 3.8) is 0 Å². The van der Waals surface area contributed by atoms with Crippen LogP contribution in [0, 0.1) is 0 Å². The van der Waals surface area contributed by atoms with Crippen molar-refractivity contribution >= 4 is 5.84 Å². The summed E-state index contributed by atoms with van der Waals surface area (Å²) < 4.78 is 38.0. The summed E-state index contributed by atoms with van der Waals surface area (Å²) in [7, 11) is 0. The highest BCUT2D eigenvalue weighted by Crippen LogP contribution is 2.27. The maximum atomic E-state index is 12.4. The third-order valence-corrected chi connectivity index (χ3v) is 2.12. The first kappa shape index (κ1) is 12.8. The van der Waals surface area contributed by atoms with Gasteiger partial charge in [0.05, 0.1) is 12.4 Å². The van der Waals surface area contributed by atoms with E-state index in [0.29, 0.717) is 0 Å². The van der Waals surface area contributed by atoms with Crippen LogP contribution in [-0.2, 0) is 6.18 Å². The second kappa shape index (κ2) is 4.55. The summed E-state index contributed by atoms with van der Waals surface area (Å²) in [5.74, 6) is -0.180. The lowest BCUT2D eigenvalue weighted by atomic mass is 10.4. The molecule has 0 aliphatic rings. The van der Waals surface area contributed by atoms with Gasteiger partial charge in [-0.05, 0) is 6.07 Å². The van der Waals surface area contributed by atoms with Crippen LogP contribution in [0.2, 0.25) is 0 Å². The van der Waals surface area contributed by atoms with Gasteiger partial charge in [-0.15, -0.1) is 0 Å². The first-order valence-corrected chi connectivity index (χ1v) is 4.85. The van der Waals surface area contributed by atoms with Crippen molar-refractivity contribution in [1.29, 1.82) is 0 Å². The summed E-state index contributed by atoms with van der Waals surface area (Å²) in [6, 6.07) is 0.819. The second-order valence-corrected chi connectivity index (χ2v) is 3.39. The van der Waals surface area contributed by atoms with Crippen LogP contribution in [0.4, 0.5) is 13.2 Å². The first-order chi connectivity index (χ1) is 8.91. The van der Waals surface area contributed by atoms with E-state index in [2.05, 4.69) is 20.2 Å². The van der Waals surface area contributed by atoms with E-state index in [0.717, 1.165) is 29.3 Å². The summed E-state index contributed by atoms with van der Waals surface area (Å²) in [5, 5.41) is 14.5. The predicted octanol–water partition coefficient (Wildman–Crippen LogP) is 0.776. The molecule has 2 heterocycles. The standard InChI is InChI=1S/C9H7F3N6O/c10-9(11,12)6-1-2-18(16-6)7-4-14-5(3-15-7)8(13)17-19/h1-4,19H,(H2,13,17). The van der Waals surface area contributed by atoms with Crippen LogP contribution >= 0.6 is 0 Å². The minimum absolute atomic E-state index is 0.0741. The molecule has 2 rings (SSSR count). The number of rotatable bonds is 2. The molecule has 0 saturated heterocycles. The van der Waals surface area contributed by atoms with Gasteiger partial charge in [-0.1, -0.05) is 5.16 Å². The molecule has 0 aromatic carbocycles. The van der Waals surface area contributed by atoms with Gasteiger partial charge in [-0.3, -0.25) is 0 Å². The average molecular weight is 272 g/mol. The zero-order chi connectivity index (χ0) is 14.0. The zero-order valence-electron chi connectivity index (χ0n) is 9.20. The fourth-order valence-corrected chi connectivity index (χ4v) is 1.23. The molecular formula is C9H7F3N6O. The number of halogens is 3. The highest BCUT2D eigenvalue weighted by Gasteiger charge is 2.33. The third-order valence-electron chi connectivity index (χ3n) is 2.12. The van der Waals surface area contributed by atoms with Crippen molar-refractivity contribution in [2.24, 2.45) is 10.9 Å². The summed E-state index contributed by atoms with van der Waals surface area (Å²) in [6.07, 6.45) is -1.11. The molecule has 0 bridgehead atoms. The highest BCUT2D eigenvalue weighted by atomic mass is 19.4. The number of oxime groups is 1. The molecule has 0 aliphatic heterocycles. The smallest absolute Gasteiger partial charge is 0.409 e. The van der Waals surface area contributed by atoms with Crippen LogP contribution in [0.15, 0.2) is 29.8 Å². The minimum Gasteiger partial charge on any atom is -0.409 e. The lowest BCUT2D eigenvalue weighted by Crippen LogP contribution is -2.16. The van der Waals surface area contributed by atoms with E-state index in [1.165, 1.54) is 0 Å². The van der Waals surface area contributed by atoms with E-state index in [9.17, 15) is 13.2 Å². The predicted molar refractivity (Wildman–Crippen MR) is 56.7 cm³/mol. The number of hydrogen-bond acceptors (Lipinski definition) is 5. The molecule has 0 spiro atoms. The Hall–Kier alpha value is -2.65. The average Bonchev–Trinajstić information content (AvgIpc) is 2.87. The first-order valence-electron chi connectivity index (χ1n) is 4.85. The Bertz CT molecular complexity index is 603. The Morgan fingerprint density at radius 2 is 2.05 bits per heavy atom. The molecule has 0 fully saturated rings. The number of amidine groups is 1. The van der Waals surface area contributed by atoms with Crippen LogP contribution in [-0.4, -0.2) is 30.8 Å². The van der Waals surface area contributed by atoms with E-state index in [1.807, 2.05) is 0 Å². The number of alkyl halides is 3. The maximum Gasteiger partial charge on any atom is 0.435 e. The summed E-state index contributed by atoms with van der Waals surface area (Å²) in [6.45, 7) is 0. The normalized spacial score (nSPS) is 12.7. The van der Waals surface area contributed by atoms with Gasteiger partial charge in [-0.2, -0.15) is 18.3 Å². The second-order valence-electron chi connectivity index (χ2n) is 3.39. The third kappa shape index (κ3) is 2.61. The van der Waals surface area contributed by atoms with E-state index < -0.39 is 11.9 Å². The van der Waals surface area contributed by atoms with E-state index in [1.54, 1.807) is 0 Å². The molecule has 19 heavy (non-hydrogen) atoms. The van der Waals surface area contributed by atoms with Crippen LogP contribution < -0.4 is 5.73 Å². The molecule has 0 radical (unpaired) electrons. The molecule has 0 atom stereocenters. The van der Waals surface area contributed by atoms with Crippen LogP contribution in [0.25, 0.3) is 5.82 Å². The maximum absolute atomic E-state index is 12.4. The van der Waals surface area contributed by atoms with E-state index in [4.69, 9.17) is 10.9 Å². The van der Waals surface area contributed by atoms with Crippen molar-refractivity contribution in [2.45, 2.75) is 6.18 Å². The van der Waals surface area contributed by atoms with Crippen molar-refractivity contribution < 1.29 is 18.4 Å². The van der Waals surface area contributed by atoms with Gasteiger partial charge in [0.2, 0.25) is 0 Å². The molecule has 0 amide bonds. The lowest BCUT2D eigenvalue weighted by molar-refractivity contribution is -0.141. The van der Waals surface area contributed by atoms with Gasteiger partial charge in [0, 0.05) is 6.20 Å². The summed E-state index contributed by atoms with van der Waals surface area (Å²) >= 11 is 0. The van der Waals surface area contributed by atoms with Crippen LogP contribution in [0.1, 0.15) is 11.4 Å². The number of nitrogens with zero attached hydrogens (tertiary/aromatic N) is 5. The number of nitrogens with two attached hydrogens (primary N) is 1. The molecule has 2 aromatic heterocycles. The van der Waals surface area contributed by atoms with E-state index in [-0.39, 0.29) is 17.3 Å². The molecule has 0 aliphatic carbocycles. The van der Waals surface area contributed by atoms with Crippen molar-refractivity contribution in [2.75, 3.05) is 0 Å². The Balaban J connectivity index is 2.30. The Labute approximate surface area is 104 Å². The monoisotopic (exact) mass is 272 g/mol. The summed E-state index contributed by atoms with van der Waals surface area (Å²) in [5.41, 5.74) is 4.33. The Morgan fingerprint density at radius 3 is 2.53 bits per heavy atom. The van der Waals surface area contributed by atoms with Gasteiger partial charge in [0.25, 0.3) is 0 Å². The number of hydrogen-bond donors (Lipinski definition) is 2. The van der Waals surface area contributed by atoms with Gasteiger partial charge in [0.15, 0.2) is 17.3 Å². The van der Waals surface area contributed by atoms with Gasteiger partial charge in [-0.25, -0.2) is 14.6 Å². The molecular weight excluding hydrogens is 265 g/mol. The fourth-order valence-electron chi connectivity index (χ4n) is 1.23. The largest absolute Gasteiger partial charge is 0.435 e. The molecule has 100 valence electrons. The summed E-state index contributed by atoms with van der Waals surface area (Å²) in [4.78, 5) is 7.59. The SMILES string of the molecule is NC(=NO)c1cnc(-n2ccc(C(F)(F)F)n2)cn1. The lowest BCUT2D eigenvalue weighted by Gasteiger charge is -2.02. The quantitative estimate of drug-likeness (QED) is 0.364. The van der Waals surface area contributed by atoms with E-state index >= 15 is 0 Å². The van der Waals surface area contributed by atoms with Crippen molar-refractivity contribution in [1.82, 2.24) is 19.7 Å². The molecule has 3 N–H and O–H groups in total. The highest BCUT2D eigenvalue weighted by molar-refractivity contribution is 5.94. The number of aromatic nitrogens is 4. The topological polar surface area (TPSA) is 102 Å². The van der Waals surface area contributed by atoms with Crippen LogP contribution in [0.5, 0.6) is 0 Å². The fraction of sp³-hybridized carbons (Fsp3) is 0.111. The Kier molecular flexibility index (Phi) is 3.07. The van der Waals surface area contributed by atoms with Gasteiger partial charge < -0.3 is 10.9 Å². The molecule has 7 nitrogen and oxygen atoms in total. The van der Waals surface area contributed by atoms with Gasteiger partial charge in [0.1, 0.15) is 5.69 Å². The van der Waals surface area contributed by atoms with Crippen molar-refractivity contribution in [3.05, 3.63) is 36.0 Å². The van der Waals surface area contributed by atoms with Crippen LogP contribution in [0.3, 0.4) is 0 Å². The minimum atomic E-state index is -4.52. The molecule has 2 aromatic rings. The van der Waals surface area contributed by atoms with Gasteiger partial charge >= 0.3 is 6.18 Å².